The number of aromatic nitrogens is 1. The van der Waals surface area contributed by atoms with Gasteiger partial charge in [0.2, 0.25) is 0 Å². The fourth-order valence-electron chi connectivity index (χ4n) is 3.13. The molecule has 3 aliphatic heterocycles. The first kappa shape index (κ1) is 10.2. The Morgan fingerprint density at radius 1 is 1.38 bits per heavy atom. The van der Waals surface area contributed by atoms with Gasteiger partial charge in [0, 0.05) is 18.4 Å². The lowest BCUT2D eigenvalue weighted by Gasteiger charge is -2.49. The van der Waals surface area contributed by atoms with Crippen LogP contribution in [0.2, 0.25) is 0 Å². The summed E-state index contributed by atoms with van der Waals surface area (Å²) in [6.07, 6.45) is 6.85. The first-order valence-electron chi connectivity index (χ1n) is 6.15. The van der Waals surface area contributed by atoms with Gasteiger partial charge in [-0.3, -0.25) is 9.88 Å². The molecule has 3 nitrogen and oxygen atoms in total. The van der Waals surface area contributed by atoms with E-state index in [0.717, 1.165) is 19.5 Å². The largest absolute Gasteiger partial charge is 0.391 e. The first-order valence-corrected chi connectivity index (χ1v) is 6.15. The van der Waals surface area contributed by atoms with Crippen LogP contribution in [0, 0.1) is 5.92 Å². The summed E-state index contributed by atoms with van der Waals surface area (Å²) in [5.74, 6) is 0.534. The molecule has 16 heavy (non-hydrogen) atoms. The predicted molar refractivity (Wildman–Crippen MR) is 62.0 cm³/mol. The number of aliphatic hydroxyl groups excluding tert-OH is 1. The highest BCUT2D eigenvalue weighted by atomic mass is 16.3. The highest BCUT2D eigenvalue weighted by Crippen LogP contribution is 2.33. The molecule has 0 saturated carbocycles. The number of fused-ring (bicyclic) bond motifs is 3. The standard InChI is InChI=1S/C13H18N2O/c16-13-11-3-6-15(7-4-11)12(13)8-10-2-1-5-14-9-10/h1-2,5,9,11-13,16H,3-4,6-8H2/t12-,13+/m0/s1. The number of nitrogens with zero attached hydrogens (tertiary/aromatic N) is 2. The van der Waals surface area contributed by atoms with E-state index in [1.165, 1.54) is 18.4 Å². The highest BCUT2D eigenvalue weighted by molar-refractivity contribution is 5.12. The average Bonchev–Trinajstić information content (AvgIpc) is 2.36. The van der Waals surface area contributed by atoms with Crippen LogP contribution in [0.25, 0.3) is 0 Å². The van der Waals surface area contributed by atoms with Crippen molar-refractivity contribution in [3.8, 4) is 0 Å². The van der Waals surface area contributed by atoms with Crippen LogP contribution in [0.3, 0.4) is 0 Å². The SMILES string of the molecule is O[C@@H]1C2CCN(CC2)[C@H]1Cc1cccnc1. The maximum Gasteiger partial charge on any atom is 0.0727 e. The van der Waals surface area contributed by atoms with Crippen molar-refractivity contribution in [2.45, 2.75) is 31.4 Å². The van der Waals surface area contributed by atoms with Crippen LogP contribution < -0.4 is 0 Å². The number of hydrogen-bond acceptors (Lipinski definition) is 3. The van der Waals surface area contributed by atoms with Gasteiger partial charge in [0.25, 0.3) is 0 Å². The van der Waals surface area contributed by atoms with Crippen LogP contribution in [-0.2, 0) is 6.42 Å². The van der Waals surface area contributed by atoms with Crippen molar-refractivity contribution in [3.05, 3.63) is 30.1 Å². The summed E-state index contributed by atoms with van der Waals surface area (Å²) in [5, 5.41) is 10.3. The summed E-state index contributed by atoms with van der Waals surface area (Å²) in [5.41, 5.74) is 1.24. The molecule has 3 saturated heterocycles. The molecule has 2 bridgehead atoms. The Balaban J connectivity index is 1.75. The molecule has 86 valence electrons. The first-order chi connectivity index (χ1) is 7.84. The van der Waals surface area contributed by atoms with Gasteiger partial charge in [-0.15, -0.1) is 0 Å². The lowest BCUT2D eigenvalue weighted by Crippen LogP contribution is -2.58. The van der Waals surface area contributed by atoms with Crippen molar-refractivity contribution in [3.63, 3.8) is 0 Å². The smallest absolute Gasteiger partial charge is 0.0727 e. The molecule has 0 spiro atoms. The molecule has 3 aliphatic rings. The second kappa shape index (κ2) is 4.15. The number of pyridine rings is 1. The molecule has 0 aliphatic carbocycles. The Bertz CT molecular complexity index is 344. The topological polar surface area (TPSA) is 36.4 Å². The zero-order chi connectivity index (χ0) is 11.0. The van der Waals surface area contributed by atoms with E-state index < -0.39 is 0 Å². The van der Waals surface area contributed by atoms with E-state index >= 15 is 0 Å². The summed E-state index contributed by atoms with van der Waals surface area (Å²) < 4.78 is 0. The molecule has 2 atom stereocenters. The molecule has 0 unspecified atom stereocenters. The molecule has 4 heterocycles. The van der Waals surface area contributed by atoms with Crippen LogP contribution in [0.4, 0.5) is 0 Å². The van der Waals surface area contributed by atoms with Crippen LogP contribution in [-0.4, -0.2) is 40.2 Å². The van der Waals surface area contributed by atoms with Gasteiger partial charge in [0.1, 0.15) is 0 Å². The number of aliphatic hydroxyl groups is 1. The summed E-state index contributed by atoms with van der Waals surface area (Å²) in [6.45, 7) is 2.32. The Morgan fingerprint density at radius 2 is 2.19 bits per heavy atom. The van der Waals surface area contributed by atoms with Crippen LogP contribution in [0.5, 0.6) is 0 Å². The van der Waals surface area contributed by atoms with E-state index in [2.05, 4.69) is 16.0 Å². The molecule has 4 rings (SSSR count). The van der Waals surface area contributed by atoms with Gasteiger partial charge in [0.05, 0.1) is 6.10 Å². The second-order valence-electron chi connectivity index (χ2n) is 5.00. The van der Waals surface area contributed by atoms with Crippen LogP contribution >= 0.6 is 0 Å². The predicted octanol–water partition coefficient (Wildman–Crippen LogP) is 1.08. The maximum absolute atomic E-state index is 10.3. The zero-order valence-electron chi connectivity index (χ0n) is 9.42. The average molecular weight is 218 g/mol. The third-order valence-electron chi connectivity index (χ3n) is 4.09. The van der Waals surface area contributed by atoms with E-state index in [0.29, 0.717) is 12.0 Å². The molecule has 0 aromatic carbocycles. The summed E-state index contributed by atoms with van der Waals surface area (Å²) in [6, 6.07) is 4.39. The molecule has 0 amide bonds. The lowest BCUT2D eigenvalue weighted by atomic mass is 9.79. The van der Waals surface area contributed by atoms with Gasteiger partial charge in [-0.1, -0.05) is 6.07 Å². The number of piperidine rings is 3. The van der Waals surface area contributed by atoms with Crippen molar-refractivity contribution in [1.29, 1.82) is 0 Å². The molecule has 1 aromatic rings. The Hall–Kier alpha value is -0.930. The molecule has 1 N–H and O–H groups in total. The van der Waals surface area contributed by atoms with Crippen molar-refractivity contribution in [1.82, 2.24) is 9.88 Å². The Labute approximate surface area is 96.1 Å². The summed E-state index contributed by atoms with van der Waals surface area (Å²) in [4.78, 5) is 6.58. The third kappa shape index (κ3) is 1.74. The van der Waals surface area contributed by atoms with Crippen LogP contribution in [0.15, 0.2) is 24.5 Å². The van der Waals surface area contributed by atoms with E-state index in [1.54, 1.807) is 6.20 Å². The lowest BCUT2D eigenvalue weighted by molar-refractivity contribution is -0.0715. The fraction of sp³-hybridized carbons (Fsp3) is 0.615. The summed E-state index contributed by atoms with van der Waals surface area (Å²) >= 11 is 0. The molecular weight excluding hydrogens is 200 g/mol. The second-order valence-corrected chi connectivity index (χ2v) is 5.00. The number of rotatable bonds is 2. The van der Waals surface area contributed by atoms with Gasteiger partial charge in [-0.25, -0.2) is 0 Å². The minimum Gasteiger partial charge on any atom is -0.391 e. The molecular formula is C13H18N2O. The van der Waals surface area contributed by atoms with Gasteiger partial charge in [-0.2, -0.15) is 0 Å². The van der Waals surface area contributed by atoms with E-state index in [1.807, 2.05) is 12.3 Å². The van der Waals surface area contributed by atoms with Gasteiger partial charge < -0.3 is 5.11 Å². The van der Waals surface area contributed by atoms with Gasteiger partial charge in [-0.05, 0) is 49.9 Å². The summed E-state index contributed by atoms with van der Waals surface area (Å²) in [7, 11) is 0. The molecule has 1 aromatic heterocycles. The normalized spacial score (nSPS) is 37.6. The van der Waals surface area contributed by atoms with Gasteiger partial charge in [0.15, 0.2) is 0 Å². The quantitative estimate of drug-likeness (QED) is 0.807. The fourth-order valence-corrected chi connectivity index (χ4v) is 3.13. The number of hydrogen-bond donors (Lipinski definition) is 1. The van der Waals surface area contributed by atoms with E-state index in [-0.39, 0.29) is 6.10 Å². The van der Waals surface area contributed by atoms with Crippen molar-refractivity contribution >= 4 is 0 Å². The van der Waals surface area contributed by atoms with Crippen molar-refractivity contribution in [2.24, 2.45) is 5.92 Å². The van der Waals surface area contributed by atoms with Crippen molar-refractivity contribution in [2.75, 3.05) is 13.1 Å². The van der Waals surface area contributed by atoms with E-state index in [4.69, 9.17) is 0 Å². The van der Waals surface area contributed by atoms with Gasteiger partial charge >= 0.3 is 0 Å². The maximum atomic E-state index is 10.3. The van der Waals surface area contributed by atoms with E-state index in [9.17, 15) is 5.11 Å². The molecule has 3 heteroatoms. The minimum absolute atomic E-state index is 0.136. The molecule has 0 radical (unpaired) electrons. The Morgan fingerprint density at radius 3 is 2.81 bits per heavy atom. The van der Waals surface area contributed by atoms with Crippen molar-refractivity contribution < 1.29 is 5.11 Å². The Kier molecular flexibility index (Phi) is 2.65. The highest BCUT2D eigenvalue weighted by Gasteiger charge is 2.40. The van der Waals surface area contributed by atoms with Crippen LogP contribution in [0.1, 0.15) is 18.4 Å². The minimum atomic E-state index is -0.136. The third-order valence-corrected chi connectivity index (χ3v) is 4.09. The monoisotopic (exact) mass is 218 g/mol. The zero-order valence-corrected chi connectivity index (χ0v) is 9.42. The molecule has 3 fully saturated rings.